The minimum atomic E-state index is -0.610. The number of nitrogens with zero attached hydrogens (tertiary/aromatic N) is 2. The largest absolute Gasteiger partial charge is 0.493 e. The smallest absolute Gasteiger partial charge is 0.338 e. The molecule has 2 aromatic carbocycles. The van der Waals surface area contributed by atoms with Crippen LogP contribution in [0.15, 0.2) is 45.3 Å². The summed E-state index contributed by atoms with van der Waals surface area (Å²) in [7, 11) is 2.91. The summed E-state index contributed by atoms with van der Waals surface area (Å²) in [6.07, 6.45) is 0. The molecule has 0 aliphatic heterocycles. The molecule has 0 N–H and O–H groups in total. The summed E-state index contributed by atoms with van der Waals surface area (Å²) < 4.78 is 22.0. The van der Waals surface area contributed by atoms with Gasteiger partial charge in [-0.25, -0.2) is 4.79 Å². The molecular weight excluding hydrogens is 440 g/mol. The van der Waals surface area contributed by atoms with Crippen LogP contribution in [0.2, 0.25) is 5.02 Å². The number of ether oxygens (including phenoxy) is 3. The number of benzene rings is 2. The first-order valence-electron chi connectivity index (χ1n) is 7.68. The topological polar surface area (TPSA) is 83.7 Å². The van der Waals surface area contributed by atoms with E-state index in [2.05, 4.69) is 26.1 Å². The van der Waals surface area contributed by atoms with Crippen molar-refractivity contribution in [1.29, 1.82) is 0 Å². The molecular formula is C18H14BrClN2O5. The molecule has 27 heavy (non-hydrogen) atoms. The van der Waals surface area contributed by atoms with Gasteiger partial charge >= 0.3 is 5.97 Å². The van der Waals surface area contributed by atoms with Crippen LogP contribution in [0.3, 0.4) is 0 Å². The lowest BCUT2D eigenvalue weighted by atomic mass is 10.2. The zero-order valence-corrected chi connectivity index (χ0v) is 16.7. The first-order valence-corrected chi connectivity index (χ1v) is 8.86. The van der Waals surface area contributed by atoms with E-state index >= 15 is 0 Å². The van der Waals surface area contributed by atoms with Crippen LogP contribution in [0.5, 0.6) is 11.5 Å². The molecule has 140 valence electrons. The molecule has 0 unspecified atom stereocenters. The summed E-state index contributed by atoms with van der Waals surface area (Å²) in [5.74, 6) is 0.566. The Morgan fingerprint density at radius 1 is 1.15 bits per heavy atom. The molecule has 1 heterocycles. The lowest BCUT2D eigenvalue weighted by molar-refractivity contribution is 0.0438. The highest BCUT2D eigenvalue weighted by atomic mass is 79.9. The van der Waals surface area contributed by atoms with E-state index in [1.165, 1.54) is 26.4 Å². The molecule has 0 aliphatic rings. The Balaban J connectivity index is 1.69. The molecule has 9 heteroatoms. The minimum Gasteiger partial charge on any atom is -0.493 e. The molecule has 3 aromatic rings. The van der Waals surface area contributed by atoms with Crippen LogP contribution >= 0.6 is 27.5 Å². The van der Waals surface area contributed by atoms with Gasteiger partial charge in [-0.1, -0.05) is 27.5 Å². The van der Waals surface area contributed by atoms with E-state index in [9.17, 15) is 4.79 Å². The first-order chi connectivity index (χ1) is 13.0. The quantitative estimate of drug-likeness (QED) is 0.507. The lowest BCUT2D eigenvalue weighted by Crippen LogP contribution is -2.06. The Kier molecular flexibility index (Phi) is 5.98. The van der Waals surface area contributed by atoms with Gasteiger partial charge in [0.2, 0.25) is 5.89 Å². The highest BCUT2D eigenvalue weighted by Gasteiger charge is 2.17. The lowest BCUT2D eigenvalue weighted by Gasteiger charge is -2.11. The number of halogens is 2. The highest BCUT2D eigenvalue weighted by Crippen LogP contribution is 2.36. The van der Waals surface area contributed by atoms with Gasteiger partial charge in [-0.3, -0.25) is 0 Å². The number of esters is 1. The second-order valence-corrected chi connectivity index (χ2v) is 6.60. The second kappa shape index (κ2) is 8.41. The van der Waals surface area contributed by atoms with Crippen molar-refractivity contribution in [3.63, 3.8) is 0 Å². The Labute approximate surface area is 168 Å². The van der Waals surface area contributed by atoms with E-state index in [0.29, 0.717) is 17.4 Å². The van der Waals surface area contributed by atoms with Gasteiger partial charge in [0.05, 0.1) is 24.8 Å². The molecule has 0 radical (unpaired) electrons. The van der Waals surface area contributed by atoms with Crippen LogP contribution in [-0.4, -0.2) is 30.4 Å². The normalized spacial score (nSPS) is 10.5. The van der Waals surface area contributed by atoms with Crippen molar-refractivity contribution in [2.24, 2.45) is 0 Å². The van der Waals surface area contributed by atoms with Crippen LogP contribution in [0.25, 0.3) is 11.5 Å². The fraction of sp³-hybridized carbons (Fsp3) is 0.167. The molecule has 3 rings (SSSR count). The maximum Gasteiger partial charge on any atom is 0.338 e. The first kappa shape index (κ1) is 19.2. The molecule has 0 amide bonds. The maximum atomic E-state index is 12.3. The summed E-state index contributed by atoms with van der Waals surface area (Å²) in [5, 5.41) is 8.07. The van der Waals surface area contributed by atoms with Crippen molar-refractivity contribution in [3.05, 3.63) is 57.3 Å². The fourth-order valence-corrected chi connectivity index (χ4v) is 2.82. The van der Waals surface area contributed by atoms with Crippen molar-refractivity contribution in [1.82, 2.24) is 10.2 Å². The van der Waals surface area contributed by atoms with Crippen molar-refractivity contribution in [3.8, 4) is 23.0 Å². The van der Waals surface area contributed by atoms with E-state index in [4.69, 9.17) is 30.2 Å². The molecule has 1 aromatic heterocycles. The zero-order chi connectivity index (χ0) is 19.4. The molecule has 0 bridgehead atoms. The SMILES string of the molecule is COc1cc(C(=O)OCc2nnc(-c3ccc(Br)cc3)o2)cc(Cl)c1OC. The van der Waals surface area contributed by atoms with Gasteiger partial charge in [0.25, 0.3) is 5.89 Å². The average molecular weight is 454 g/mol. The second-order valence-electron chi connectivity index (χ2n) is 5.28. The number of hydrogen-bond donors (Lipinski definition) is 0. The predicted octanol–water partition coefficient (Wildman–Crippen LogP) is 4.53. The molecule has 0 aliphatic carbocycles. The summed E-state index contributed by atoms with van der Waals surface area (Å²) >= 11 is 9.46. The number of carbonyl (C=O) groups is 1. The van der Waals surface area contributed by atoms with Gasteiger partial charge in [0.15, 0.2) is 18.1 Å². The highest BCUT2D eigenvalue weighted by molar-refractivity contribution is 9.10. The van der Waals surface area contributed by atoms with E-state index < -0.39 is 5.97 Å². The third kappa shape index (κ3) is 4.40. The Morgan fingerprint density at radius 3 is 2.56 bits per heavy atom. The molecule has 0 spiro atoms. The molecule has 0 saturated carbocycles. The van der Waals surface area contributed by atoms with Crippen LogP contribution in [0, 0.1) is 0 Å². The number of carbonyl (C=O) groups excluding carboxylic acids is 1. The summed E-state index contributed by atoms with van der Waals surface area (Å²) in [6, 6.07) is 10.3. The van der Waals surface area contributed by atoms with Gasteiger partial charge in [-0.05, 0) is 36.4 Å². The van der Waals surface area contributed by atoms with Crippen LogP contribution in [0.1, 0.15) is 16.2 Å². The predicted molar refractivity (Wildman–Crippen MR) is 101 cm³/mol. The molecule has 7 nitrogen and oxygen atoms in total. The van der Waals surface area contributed by atoms with Gasteiger partial charge in [-0.15, -0.1) is 10.2 Å². The molecule has 0 saturated heterocycles. The van der Waals surface area contributed by atoms with Crippen LogP contribution < -0.4 is 9.47 Å². The van der Waals surface area contributed by atoms with E-state index in [1.807, 2.05) is 24.3 Å². The van der Waals surface area contributed by atoms with E-state index in [-0.39, 0.29) is 23.1 Å². The number of aromatic nitrogens is 2. The maximum absolute atomic E-state index is 12.3. The molecule has 0 fully saturated rings. The summed E-state index contributed by atoms with van der Waals surface area (Å²) in [5.41, 5.74) is 0.972. The number of rotatable bonds is 6. The third-order valence-electron chi connectivity index (χ3n) is 3.55. The van der Waals surface area contributed by atoms with Crippen LogP contribution in [-0.2, 0) is 11.3 Å². The van der Waals surface area contributed by atoms with Crippen molar-refractivity contribution >= 4 is 33.5 Å². The Bertz CT molecular complexity index is 959. The van der Waals surface area contributed by atoms with Crippen molar-refractivity contribution in [2.45, 2.75) is 6.61 Å². The van der Waals surface area contributed by atoms with Gasteiger partial charge in [0.1, 0.15) is 0 Å². The monoisotopic (exact) mass is 452 g/mol. The van der Waals surface area contributed by atoms with Crippen LogP contribution in [0.4, 0.5) is 0 Å². The number of methoxy groups -OCH3 is 2. The average Bonchev–Trinajstić information content (AvgIpc) is 3.15. The third-order valence-corrected chi connectivity index (χ3v) is 4.36. The van der Waals surface area contributed by atoms with Crippen molar-refractivity contribution in [2.75, 3.05) is 14.2 Å². The van der Waals surface area contributed by atoms with Gasteiger partial charge in [0, 0.05) is 10.0 Å². The Hall–Kier alpha value is -2.58. The standard InChI is InChI=1S/C18H14BrClN2O5/c1-24-14-8-11(7-13(20)16(14)25-2)18(23)26-9-15-21-22-17(27-15)10-3-5-12(19)6-4-10/h3-8H,9H2,1-2H3. The van der Waals surface area contributed by atoms with Gasteiger partial charge < -0.3 is 18.6 Å². The zero-order valence-electron chi connectivity index (χ0n) is 14.4. The van der Waals surface area contributed by atoms with E-state index in [0.717, 1.165) is 10.0 Å². The fourth-order valence-electron chi connectivity index (χ4n) is 2.27. The van der Waals surface area contributed by atoms with E-state index in [1.54, 1.807) is 0 Å². The number of hydrogen-bond acceptors (Lipinski definition) is 7. The van der Waals surface area contributed by atoms with Gasteiger partial charge in [-0.2, -0.15) is 0 Å². The summed E-state index contributed by atoms with van der Waals surface area (Å²) in [4.78, 5) is 12.3. The molecule has 0 atom stereocenters. The van der Waals surface area contributed by atoms with Crippen molar-refractivity contribution < 1.29 is 23.4 Å². The Morgan fingerprint density at radius 2 is 1.89 bits per heavy atom. The summed E-state index contributed by atoms with van der Waals surface area (Å²) in [6.45, 7) is -0.172. The minimum absolute atomic E-state index is 0.172.